The first-order valence-corrected chi connectivity index (χ1v) is 4.40. The molecule has 0 aliphatic rings. The van der Waals surface area contributed by atoms with Crippen molar-refractivity contribution < 1.29 is 9.59 Å². The third-order valence-electron chi connectivity index (χ3n) is 2.31. The third-order valence-corrected chi connectivity index (χ3v) is 2.31. The lowest BCUT2D eigenvalue weighted by molar-refractivity contribution is -0.132. The average Bonchev–Trinajstić information content (AvgIpc) is 1.99. The zero-order chi connectivity index (χ0) is 9.78. The number of hydrogen-bond donors (Lipinski definition) is 0. The van der Waals surface area contributed by atoms with Crippen LogP contribution in [0.3, 0.4) is 0 Å². The molecule has 2 nitrogen and oxygen atoms in total. The van der Waals surface area contributed by atoms with Crippen molar-refractivity contribution in [3.8, 4) is 0 Å². The molecular formula is C10H18O2. The van der Waals surface area contributed by atoms with Gasteiger partial charge in [-0.15, -0.1) is 0 Å². The van der Waals surface area contributed by atoms with Crippen LogP contribution in [-0.2, 0) is 9.59 Å². The van der Waals surface area contributed by atoms with Crippen molar-refractivity contribution in [3.63, 3.8) is 0 Å². The Hall–Kier alpha value is -0.660. The molecule has 0 amide bonds. The molecule has 0 saturated heterocycles. The van der Waals surface area contributed by atoms with Gasteiger partial charge in [-0.2, -0.15) is 0 Å². The molecule has 0 radical (unpaired) electrons. The molecule has 0 aliphatic carbocycles. The molecule has 0 aliphatic heterocycles. The second-order valence-corrected chi connectivity index (χ2v) is 4.02. The molecule has 0 aromatic heterocycles. The summed E-state index contributed by atoms with van der Waals surface area (Å²) in [6.07, 6.45) is 2.37. The molecule has 0 bridgehead atoms. The highest BCUT2D eigenvalue weighted by Crippen LogP contribution is 2.23. The fourth-order valence-corrected chi connectivity index (χ4v) is 0.906. The van der Waals surface area contributed by atoms with E-state index < -0.39 is 5.41 Å². The summed E-state index contributed by atoms with van der Waals surface area (Å²) in [5.74, 6) is 0.516. The number of carbonyl (C=O) groups is 2. The second-order valence-electron chi connectivity index (χ2n) is 4.02. The van der Waals surface area contributed by atoms with Crippen LogP contribution in [0.2, 0.25) is 0 Å². The molecule has 1 atom stereocenters. The number of rotatable bonds is 5. The number of hydrogen-bond acceptors (Lipinski definition) is 2. The van der Waals surface area contributed by atoms with Gasteiger partial charge >= 0.3 is 0 Å². The molecule has 0 saturated carbocycles. The molecule has 0 aromatic rings. The molecule has 1 unspecified atom stereocenters. The van der Waals surface area contributed by atoms with Gasteiger partial charge in [-0.3, -0.25) is 4.79 Å². The van der Waals surface area contributed by atoms with Gasteiger partial charge < -0.3 is 4.79 Å². The summed E-state index contributed by atoms with van der Waals surface area (Å²) in [4.78, 5) is 21.7. The van der Waals surface area contributed by atoms with Crippen molar-refractivity contribution in [1.82, 2.24) is 0 Å². The van der Waals surface area contributed by atoms with Crippen LogP contribution in [0.4, 0.5) is 0 Å². The Labute approximate surface area is 74.3 Å². The predicted molar refractivity (Wildman–Crippen MR) is 48.9 cm³/mol. The molecule has 70 valence electrons. The summed E-state index contributed by atoms with van der Waals surface area (Å²) in [6, 6.07) is 0. The van der Waals surface area contributed by atoms with Crippen molar-refractivity contribution in [2.24, 2.45) is 11.3 Å². The van der Waals surface area contributed by atoms with E-state index in [0.29, 0.717) is 12.3 Å². The lowest BCUT2D eigenvalue weighted by Crippen LogP contribution is -2.27. The Bertz CT molecular complexity index is 173. The molecule has 0 rings (SSSR count). The number of Topliss-reactive ketones (excluding diaryl/α,β-unsaturated/α-hetero) is 1. The number of ketones is 1. The Kier molecular flexibility index (Phi) is 4.15. The third kappa shape index (κ3) is 3.16. The van der Waals surface area contributed by atoms with E-state index in [1.165, 1.54) is 6.92 Å². The molecule has 0 spiro atoms. The lowest BCUT2D eigenvalue weighted by Gasteiger charge is -2.20. The fourth-order valence-electron chi connectivity index (χ4n) is 0.906. The van der Waals surface area contributed by atoms with E-state index in [9.17, 15) is 9.59 Å². The van der Waals surface area contributed by atoms with Crippen LogP contribution in [0.15, 0.2) is 0 Å². The Balaban J connectivity index is 4.15. The lowest BCUT2D eigenvalue weighted by atomic mass is 9.81. The van der Waals surface area contributed by atoms with Gasteiger partial charge in [0.15, 0.2) is 0 Å². The van der Waals surface area contributed by atoms with Gasteiger partial charge in [0.25, 0.3) is 0 Å². The first-order chi connectivity index (χ1) is 5.42. The van der Waals surface area contributed by atoms with Gasteiger partial charge in [0.05, 0.1) is 5.41 Å². The first-order valence-electron chi connectivity index (χ1n) is 4.40. The standard InChI is InChI=1S/C10H18O2/c1-8(2)5-6-10(4,7-11)9(3)12/h7-8H,5-6H2,1-4H3. The minimum Gasteiger partial charge on any atom is -0.302 e. The maximum Gasteiger partial charge on any atom is 0.142 e. The van der Waals surface area contributed by atoms with E-state index >= 15 is 0 Å². The highest BCUT2D eigenvalue weighted by atomic mass is 16.1. The largest absolute Gasteiger partial charge is 0.302 e. The van der Waals surface area contributed by atoms with E-state index in [2.05, 4.69) is 13.8 Å². The van der Waals surface area contributed by atoms with Crippen LogP contribution < -0.4 is 0 Å². The minimum atomic E-state index is -0.746. The summed E-state index contributed by atoms with van der Waals surface area (Å²) in [5.41, 5.74) is -0.746. The SMILES string of the molecule is CC(=O)C(C)(C=O)CCC(C)C. The zero-order valence-electron chi connectivity index (χ0n) is 8.39. The highest BCUT2D eigenvalue weighted by Gasteiger charge is 2.28. The van der Waals surface area contributed by atoms with Crippen molar-refractivity contribution in [2.45, 2.75) is 40.5 Å². The Morgan fingerprint density at radius 3 is 2.25 bits per heavy atom. The average molecular weight is 170 g/mol. The topological polar surface area (TPSA) is 34.1 Å². The quantitative estimate of drug-likeness (QED) is 0.468. The van der Waals surface area contributed by atoms with Crippen molar-refractivity contribution in [2.75, 3.05) is 0 Å². The second kappa shape index (κ2) is 4.39. The smallest absolute Gasteiger partial charge is 0.142 e. The van der Waals surface area contributed by atoms with Crippen molar-refractivity contribution >= 4 is 12.1 Å². The van der Waals surface area contributed by atoms with E-state index in [4.69, 9.17) is 0 Å². The summed E-state index contributed by atoms with van der Waals surface area (Å²) < 4.78 is 0. The summed E-state index contributed by atoms with van der Waals surface area (Å²) in [6.45, 7) is 7.37. The first kappa shape index (κ1) is 11.3. The Morgan fingerprint density at radius 1 is 1.50 bits per heavy atom. The summed E-state index contributed by atoms with van der Waals surface area (Å²) >= 11 is 0. The monoisotopic (exact) mass is 170 g/mol. The van der Waals surface area contributed by atoms with E-state index in [1.54, 1.807) is 6.92 Å². The van der Waals surface area contributed by atoms with E-state index in [-0.39, 0.29) is 5.78 Å². The van der Waals surface area contributed by atoms with Crippen molar-refractivity contribution in [3.05, 3.63) is 0 Å². The van der Waals surface area contributed by atoms with Gasteiger partial charge in [0, 0.05) is 0 Å². The van der Waals surface area contributed by atoms with Crippen LogP contribution in [-0.4, -0.2) is 12.1 Å². The van der Waals surface area contributed by atoms with E-state index in [0.717, 1.165) is 12.7 Å². The predicted octanol–water partition coefficient (Wildman–Crippen LogP) is 2.22. The zero-order valence-corrected chi connectivity index (χ0v) is 8.39. The van der Waals surface area contributed by atoms with Crippen LogP contribution in [0.25, 0.3) is 0 Å². The molecule has 12 heavy (non-hydrogen) atoms. The summed E-state index contributed by atoms with van der Waals surface area (Å²) in [7, 11) is 0. The highest BCUT2D eigenvalue weighted by molar-refractivity contribution is 5.96. The molecular weight excluding hydrogens is 152 g/mol. The molecule has 0 aromatic carbocycles. The van der Waals surface area contributed by atoms with Crippen LogP contribution in [0.1, 0.15) is 40.5 Å². The molecule has 0 fully saturated rings. The number of carbonyl (C=O) groups excluding carboxylic acids is 2. The van der Waals surface area contributed by atoms with Gasteiger partial charge in [0.1, 0.15) is 12.1 Å². The molecule has 2 heteroatoms. The molecule has 0 heterocycles. The van der Waals surface area contributed by atoms with Crippen molar-refractivity contribution in [1.29, 1.82) is 0 Å². The van der Waals surface area contributed by atoms with Gasteiger partial charge in [-0.25, -0.2) is 0 Å². The Morgan fingerprint density at radius 2 is 2.00 bits per heavy atom. The van der Waals surface area contributed by atoms with Gasteiger partial charge in [-0.05, 0) is 32.6 Å². The maximum atomic E-state index is 11.1. The number of aldehydes is 1. The van der Waals surface area contributed by atoms with E-state index in [1.807, 2.05) is 0 Å². The molecule has 0 N–H and O–H groups in total. The fraction of sp³-hybridized carbons (Fsp3) is 0.800. The van der Waals surface area contributed by atoms with Gasteiger partial charge in [0.2, 0.25) is 0 Å². The van der Waals surface area contributed by atoms with Crippen LogP contribution in [0.5, 0.6) is 0 Å². The van der Waals surface area contributed by atoms with Crippen LogP contribution >= 0.6 is 0 Å². The maximum absolute atomic E-state index is 11.1. The van der Waals surface area contributed by atoms with Gasteiger partial charge in [-0.1, -0.05) is 13.8 Å². The minimum absolute atomic E-state index is 0.0295. The normalized spacial score (nSPS) is 15.8. The summed E-state index contributed by atoms with van der Waals surface area (Å²) in [5, 5.41) is 0. The van der Waals surface area contributed by atoms with Crippen LogP contribution in [0, 0.1) is 11.3 Å².